The molecule has 3 atom stereocenters. The Kier molecular flexibility index (Phi) is 2.03. The molecule has 0 aromatic carbocycles. The van der Waals surface area contributed by atoms with Crippen molar-refractivity contribution < 1.29 is 14.2 Å². The van der Waals surface area contributed by atoms with Gasteiger partial charge < -0.3 is 9.84 Å². The van der Waals surface area contributed by atoms with Gasteiger partial charge in [0.05, 0.1) is 6.10 Å². The normalized spacial score (nSPS) is 43.7. The molecule has 9 heavy (non-hydrogen) atoms. The van der Waals surface area contributed by atoms with Crippen LogP contribution in [-0.2, 0) is 4.74 Å². The van der Waals surface area contributed by atoms with E-state index in [0.29, 0.717) is 6.42 Å². The average molecular weight is 134 g/mol. The number of halogens is 1. The highest BCUT2D eigenvalue weighted by Gasteiger charge is 2.32. The standard InChI is InChI=1S/C6H11FO2/c1-2-4-3-5(7)6(8)9-4/h4-6,8H,2-3H2,1H3/t4-,5?,6-/m0/s1. The van der Waals surface area contributed by atoms with Gasteiger partial charge in [0, 0.05) is 6.42 Å². The Morgan fingerprint density at radius 2 is 2.44 bits per heavy atom. The molecule has 0 radical (unpaired) electrons. The molecule has 1 heterocycles. The van der Waals surface area contributed by atoms with Gasteiger partial charge in [-0.25, -0.2) is 4.39 Å². The van der Waals surface area contributed by atoms with Gasteiger partial charge in [0.2, 0.25) is 0 Å². The second-order valence-corrected chi connectivity index (χ2v) is 2.31. The first-order chi connectivity index (χ1) is 4.24. The lowest BCUT2D eigenvalue weighted by Crippen LogP contribution is -2.15. The van der Waals surface area contributed by atoms with Gasteiger partial charge in [-0.1, -0.05) is 6.92 Å². The van der Waals surface area contributed by atoms with E-state index < -0.39 is 12.5 Å². The summed E-state index contributed by atoms with van der Waals surface area (Å²) < 4.78 is 17.2. The maximum atomic E-state index is 12.4. The second kappa shape index (κ2) is 2.62. The van der Waals surface area contributed by atoms with Crippen molar-refractivity contribution >= 4 is 0 Å². The van der Waals surface area contributed by atoms with E-state index in [9.17, 15) is 4.39 Å². The lowest BCUT2D eigenvalue weighted by Gasteiger charge is -2.04. The van der Waals surface area contributed by atoms with Crippen molar-refractivity contribution in [3.05, 3.63) is 0 Å². The largest absolute Gasteiger partial charge is 0.366 e. The van der Waals surface area contributed by atoms with Crippen molar-refractivity contribution in [3.63, 3.8) is 0 Å². The fourth-order valence-electron chi connectivity index (χ4n) is 0.968. The predicted molar refractivity (Wildman–Crippen MR) is 30.7 cm³/mol. The summed E-state index contributed by atoms with van der Waals surface area (Å²) in [5, 5.41) is 8.70. The zero-order chi connectivity index (χ0) is 6.85. The van der Waals surface area contributed by atoms with Gasteiger partial charge in [0.15, 0.2) is 12.5 Å². The maximum absolute atomic E-state index is 12.4. The van der Waals surface area contributed by atoms with Crippen LogP contribution in [0.5, 0.6) is 0 Å². The number of hydrogen-bond donors (Lipinski definition) is 1. The van der Waals surface area contributed by atoms with Gasteiger partial charge in [-0.3, -0.25) is 0 Å². The Hall–Kier alpha value is -0.150. The minimum Gasteiger partial charge on any atom is -0.366 e. The molecule has 1 N–H and O–H groups in total. The average Bonchev–Trinajstić information content (AvgIpc) is 2.13. The van der Waals surface area contributed by atoms with Crippen LogP contribution >= 0.6 is 0 Å². The second-order valence-electron chi connectivity index (χ2n) is 2.31. The van der Waals surface area contributed by atoms with Gasteiger partial charge in [0.25, 0.3) is 0 Å². The van der Waals surface area contributed by atoms with Crippen molar-refractivity contribution in [3.8, 4) is 0 Å². The molecule has 54 valence electrons. The Bertz CT molecular complexity index is 87.1. The number of aliphatic hydroxyl groups is 1. The summed E-state index contributed by atoms with van der Waals surface area (Å²) in [6.45, 7) is 1.91. The zero-order valence-electron chi connectivity index (χ0n) is 5.38. The zero-order valence-corrected chi connectivity index (χ0v) is 5.38. The third kappa shape index (κ3) is 1.40. The van der Waals surface area contributed by atoms with Crippen LogP contribution in [-0.4, -0.2) is 23.7 Å². The van der Waals surface area contributed by atoms with E-state index in [1.54, 1.807) is 0 Å². The van der Waals surface area contributed by atoms with E-state index in [1.165, 1.54) is 0 Å². The fourth-order valence-corrected chi connectivity index (χ4v) is 0.968. The first-order valence-corrected chi connectivity index (χ1v) is 3.21. The maximum Gasteiger partial charge on any atom is 0.186 e. The summed E-state index contributed by atoms with van der Waals surface area (Å²) in [5.74, 6) is 0. The van der Waals surface area contributed by atoms with Gasteiger partial charge in [0.1, 0.15) is 0 Å². The van der Waals surface area contributed by atoms with Crippen molar-refractivity contribution in [2.45, 2.75) is 38.3 Å². The van der Waals surface area contributed by atoms with E-state index in [4.69, 9.17) is 9.84 Å². The van der Waals surface area contributed by atoms with E-state index in [1.807, 2.05) is 6.92 Å². The molecular weight excluding hydrogens is 123 g/mol. The van der Waals surface area contributed by atoms with Gasteiger partial charge in [-0.15, -0.1) is 0 Å². The Morgan fingerprint density at radius 3 is 2.67 bits per heavy atom. The molecule has 1 rings (SSSR count). The highest BCUT2D eigenvalue weighted by Crippen LogP contribution is 2.22. The Balaban J connectivity index is 2.35. The molecule has 1 aliphatic heterocycles. The summed E-state index contributed by atoms with van der Waals surface area (Å²) in [7, 11) is 0. The van der Waals surface area contributed by atoms with E-state index >= 15 is 0 Å². The molecule has 1 unspecified atom stereocenters. The topological polar surface area (TPSA) is 29.5 Å². The monoisotopic (exact) mass is 134 g/mol. The van der Waals surface area contributed by atoms with Gasteiger partial charge in [-0.2, -0.15) is 0 Å². The number of ether oxygens (including phenoxy) is 1. The first kappa shape index (κ1) is 6.96. The highest BCUT2D eigenvalue weighted by molar-refractivity contribution is 4.74. The van der Waals surface area contributed by atoms with Crippen LogP contribution < -0.4 is 0 Å². The first-order valence-electron chi connectivity index (χ1n) is 3.21. The summed E-state index contributed by atoms with van der Waals surface area (Å²) in [4.78, 5) is 0. The molecule has 2 nitrogen and oxygen atoms in total. The molecule has 3 heteroatoms. The number of rotatable bonds is 1. The molecule has 0 aromatic rings. The van der Waals surface area contributed by atoms with Crippen molar-refractivity contribution in [1.29, 1.82) is 0 Å². The number of aliphatic hydroxyl groups excluding tert-OH is 1. The van der Waals surface area contributed by atoms with Crippen LogP contribution in [0.2, 0.25) is 0 Å². The third-order valence-corrected chi connectivity index (χ3v) is 1.58. The van der Waals surface area contributed by atoms with E-state index in [2.05, 4.69) is 0 Å². The molecule has 0 aliphatic carbocycles. The molecular formula is C6H11FO2. The predicted octanol–water partition coefficient (Wildman–Crippen LogP) is 0.842. The van der Waals surface area contributed by atoms with Crippen molar-refractivity contribution in [1.82, 2.24) is 0 Å². The van der Waals surface area contributed by atoms with Crippen molar-refractivity contribution in [2.24, 2.45) is 0 Å². The van der Waals surface area contributed by atoms with Crippen LogP contribution in [0.25, 0.3) is 0 Å². The quantitative estimate of drug-likeness (QED) is 0.576. The molecule has 1 aliphatic rings. The van der Waals surface area contributed by atoms with Crippen LogP contribution in [0.4, 0.5) is 4.39 Å². The SMILES string of the molecule is CC[C@H]1CC(F)[C@@H](O)O1. The number of alkyl halides is 1. The minimum absolute atomic E-state index is 0.0741. The van der Waals surface area contributed by atoms with Gasteiger partial charge in [-0.05, 0) is 6.42 Å². The highest BCUT2D eigenvalue weighted by atomic mass is 19.1. The summed E-state index contributed by atoms with van der Waals surface area (Å²) in [5.41, 5.74) is 0. The Labute approximate surface area is 53.6 Å². The molecule has 0 aromatic heterocycles. The lowest BCUT2D eigenvalue weighted by atomic mass is 10.2. The molecule has 1 fully saturated rings. The smallest absolute Gasteiger partial charge is 0.186 e. The summed E-state index contributed by atoms with van der Waals surface area (Å²) in [6.07, 6.45) is -1.30. The number of hydrogen-bond acceptors (Lipinski definition) is 2. The minimum atomic E-state index is -1.17. The van der Waals surface area contributed by atoms with Crippen LogP contribution in [0, 0.1) is 0 Å². The molecule has 0 saturated carbocycles. The van der Waals surface area contributed by atoms with Crippen LogP contribution in [0.1, 0.15) is 19.8 Å². The van der Waals surface area contributed by atoms with Gasteiger partial charge >= 0.3 is 0 Å². The third-order valence-electron chi connectivity index (χ3n) is 1.58. The summed E-state index contributed by atoms with van der Waals surface area (Å²) in [6, 6.07) is 0. The Morgan fingerprint density at radius 1 is 1.78 bits per heavy atom. The van der Waals surface area contributed by atoms with Crippen LogP contribution in [0.15, 0.2) is 0 Å². The van der Waals surface area contributed by atoms with Crippen molar-refractivity contribution in [2.75, 3.05) is 0 Å². The van der Waals surface area contributed by atoms with Crippen LogP contribution in [0.3, 0.4) is 0 Å². The molecule has 0 spiro atoms. The van der Waals surface area contributed by atoms with E-state index in [-0.39, 0.29) is 6.10 Å². The fraction of sp³-hybridized carbons (Fsp3) is 1.00. The molecule has 1 saturated heterocycles. The molecule has 0 bridgehead atoms. The molecule has 0 amide bonds. The van der Waals surface area contributed by atoms with E-state index in [0.717, 1.165) is 6.42 Å². The summed E-state index contributed by atoms with van der Waals surface area (Å²) >= 11 is 0. The lowest BCUT2D eigenvalue weighted by molar-refractivity contribution is -0.112.